The Morgan fingerprint density at radius 3 is 2.52 bits per heavy atom. The van der Waals surface area contributed by atoms with E-state index in [9.17, 15) is 4.79 Å². The summed E-state index contributed by atoms with van der Waals surface area (Å²) in [6.07, 6.45) is 0. The molecule has 0 aliphatic heterocycles. The zero-order valence-electron chi connectivity index (χ0n) is 12.6. The molecule has 0 radical (unpaired) electrons. The average molecular weight is 332 g/mol. The number of carbonyl (C=O) groups excluding carboxylic acids is 1. The van der Waals surface area contributed by atoms with Crippen molar-refractivity contribution in [2.45, 2.75) is 0 Å². The van der Waals surface area contributed by atoms with Gasteiger partial charge in [-0.15, -0.1) is 0 Å². The zero-order valence-corrected chi connectivity index (χ0v) is 13.4. The standard InChI is InChI=1S/C17H14ClNO4/c1-21-12-4-5-13(17(8-12)22-2)15(20)10-23-16-6-3-11(9-19)7-14(16)18/h3-8H,10H2,1-2H3. The SMILES string of the molecule is COc1ccc(C(=O)COc2ccc(C#N)cc2Cl)c(OC)c1. The number of rotatable bonds is 6. The van der Waals surface area contributed by atoms with Crippen LogP contribution in [-0.2, 0) is 0 Å². The number of nitriles is 1. The highest BCUT2D eigenvalue weighted by Gasteiger charge is 2.15. The third-order valence-corrected chi connectivity index (χ3v) is 3.42. The number of nitrogens with zero attached hydrogens (tertiary/aromatic N) is 1. The molecule has 118 valence electrons. The second-order valence-corrected chi connectivity index (χ2v) is 4.94. The van der Waals surface area contributed by atoms with Gasteiger partial charge in [0.1, 0.15) is 17.2 Å². The number of ketones is 1. The minimum Gasteiger partial charge on any atom is -0.497 e. The van der Waals surface area contributed by atoms with E-state index in [1.807, 2.05) is 6.07 Å². The fourth-order valence-corrected chi connectivity index (χ4v) is 2.17. The Bertz CT molecular complexity index is 768. The van der Waals surface area contributed by atoms with Crippen molar-refractivity contribution < 1.29 is 19.0 Å². The molecular weight excluding hydrogens is 318 g/mol. The van der Waals surface area contributed by atoms with Crippen molar-refractivity contribution in [3.05, 3.63) is 52.5 Å². The molecule has 0 aliphatic rings. The van der Waals surface area contributed by atoms with Gasteiger partial charge in [0, 0.05) is 6.07 Å². The largest absolute Gasteiger partial charge is 0.497 e. The van der Waals surface area contributed by atoms with Crippen LogP contribution in [0, 0.1) is 11.3 Å². The van der Waals surface area contributed by atoms with E-state index < -0.39 is 0 Å². The summed E-state index contributed by atoms with van der Waals surface area (Å²) >= 11 is 6.01. The van der Waals surface area contributed by atoms with Crippen molar-refractivity contribution >= 4 is 17.4 Å². The summed E-state index contributed by atoms with van der Waals surface area (Å²) in [6.45, 7) is -0.200. The molecule has 0 spiro atoms. The Balaban J connectivity index is 2.12. The zero-order chi connectivity index (χ0) is 16.8. The van der Waals surface area contributed by atoms with Crippen molar-refractivity contribution in [2.75, 3.05) is 20.8 Å². The first kappa shape index (κ1) is 16.7. The number of ether oxygens (including phenoxy) is 3. The Kier molecular flexibility index (Phi) is 5.45. The van der Waals surface area contributed by atoms with E-state index in [4.69, 9.17) is 31.1 Å². The van der Waals surface area contributed by atoms with E-state index in [0.717, 1.165) is 0 Å². The Labute approximate surface area is 139 Å². The first-order chi connectivity index (χ1) is 11.1. The van der Waals surface area contributed by atoms with Crippen LogP contribution < -0.4 is 14.2 Å². The highest BCUT2D eigenvalue weighted by Crippen LogP contribution is 2.27. The maximum atomic E-state index is 12.3. The monoisotopic (exact) mass is 331 g/mol. The van der Waals surface area contributed by atoms with Crippen LogP contribution >= 0.6 is 11.6 Å². The molecule has 0 aliphatic carbocycles. The summed E-state index contributed by atoms with van der Waals surface area (Å²) in [6, 6.07) is 11.5. The average Bonchev–Trinajstić information content (AvgIpc) is 2.59. The lowest BCUT2D eigenvalue weighted by Crippen LogP contribution is -2.13. The summed E-state index contributed by atoms with van der Waals surface area (Å²) in [5.74, 6) is 1.08. The van der Waals surface area contributed by atoms with Crippen molar-refractivity contribution in [1.82, 2.24) is 0 Å². The van der Waals surface area contributed by atoms with E-state index in [0.29, 0.717) is 28.4 Å². The molecule has 0 unspecified atom stereocenters. The fraction of sp³-hybridized carbons (Fsp3) is 0.176. The number of benzene rings is 2. The predicted molar refractivity (Wildman–Crippen MR) is 85.5 cm³/mol. The van der Waals surface area contributed by atoms with Crippen LogP contribution in [0.25, 0.3) is 0 Å². The lowest BCUT2D eigenvalue weighted by Gasteiger charge is -2.11. The molecule has 0 atom stereocenters. The summed E-state index contributed by atoms with van der Waals surface area (Å²) in [4.78, 5) is 12.3. The van der Waals surface area contributed by atoms with E-state index in [2.05, 4.69) is 0 Å². The fourth-order valence-electron chi connectivity index (χ4n) is 1.94. The lowest BCUT2D eigenvalue weighted by molar-refractivity contribution is 0.0918. The second-order valence-electron chi connectivity index (χ2n) is 4.54. The van der Waals surface area contributed by atoms with Crippen LogP contribution in [0.15, 0.2) is 36.4 Å². The highest BCUT2D eigenvalue weighted by atomic mass is 35.5. The minimum atomic E-state index is -0.259. The summed E-state index contributed by atoms with van der Waals surface area (Å²) in [5, 5.41) is 9.07. The van der Waals surface area contributed by atoms with Gasteiger partial charge in [-0.2, -0.15) is 5.26 Å². The first-order valence-electron chi connectivity index (χ1n) is 6.66. The molecular formula is C17H14ClNO4. The maximum absolute atomic E-state index is 12.3. The molecule has 0 heterocycles. The molecule has 2 aromatic rings. The Morgan fingerprint density at radius 2 is 1.91 bits per heavy atom. The van der Waals surface area contributed by atoms with E-state index in [-0.39, 0.29) is 17.4 Å². The van der Waals surface area contributed by atoms with Crippen molar-refractivity contribution in [3.63, 3.8) is 0 Å². The van der Waals surface area contributed by atoms with Gasteiger partial charge in [-0.25, -0.2) is 0 Å². The molecule has 5 nitrogen and oxygen atoms in total. The molecule has 0 amide bonds. The normalized spacial score (nSPS) is 9.83. The molecule has 0 saturated carbocycles. The highest BCUT2D eigenvalue weighted by molar-refractivity contribution is 6.32. The molecule has 2 aromatic carbocycles. The number of hydrogen-bond acceptors (Lipinski definition) is 5. The molecule has 6 heteroatoms. The minimum absolute atomic E-state index is 0.200. The summed E-state index contributed by atoms with van der Waals surface area (Å²) in [5.41, 5.74) is 0.809. The van der Waals surface area contributed by atoms with Crippen LogP contribution in [0.3, 0.4) is 0 Å². The number of hydrogen-bond donors (Lipinski definition) is 0. The second kappa shape index (κ2) is 7.52. The third-order valence-electron chi connectivity index (χ3n) is 3.13. The summed E-state index contributed by atoms with van der Waals surface area (Å²) < 4.78 is 15.7. The van der Waals surface area contributed by atoms with Crippen LogP contribution in [0.2, 0.25) is 5.02 Å². The van der Waals surface area contributed by atoms with Crippen LogP contribution in [0.5, 0.6) is 17.2 Å². The molecule has 0 bridgehead atoms. The van der Waals surface area contributed by atoms with Gasteiger partial charge in [0.25, 0.3) is 0 Å². The van der Waals surface area contributed by atoms with Crippen molar-refractivity contribution in [3.8, 4) is 23.3 Å². The third kappa shape index (κ3) is 3.93. The van der Waals surface area contributed by atoms with E-state index in [1.165, 1.54) is 20.3 Å². The van der Waals surface area contributed by atoms with Gasteiger partial charge < -0.3 is 14.2 Å². The van der Waals surface area contributed by atoms with Gasteiger partial charge in [0.15, 0.2) is 6.61 Å². The maximum Gasteiger partial charge on any atom is 0.203 e. The number of Topliss-reactive ketones (excluding diaryl/α,β-unsaturated/α-hetero) is 1. The molecule has 23 heavy (non-hydrogen) atoms. The van der Waals surface area contributed by atoms with Crippen LogP contribution in [0.1, 0.15) is 15.9 Å². The van der Waals surface area contributed by atoms with Gasteiger partial charge in [0.2, 0.25) is 5.78 Å². The quantitative estimate of drug-likeness (QED) is 0.758. The number of carbonyl (C=O) groups is 1. The van der Waals surface area contributed by atoms with Crippen molar-refractivity contribution in [2.24, 2.45) is 0 Å². The van der Waals surface area contributed by atoms with Gasteiger partial charge in [-0.05, 0) is 30.3 Å². The lowest BCUT2D eigenvalue weighted by atomic mass is 10.1. The predicted octanol–water partition coefficient (Wildman–Crippen LogP) is 3.49. The topological polar surface area (TPSA) is 68.5 Å². The van der Waals surface area contributed by atoms with Gasteiger partial charge >= 0.3 is 0 Å². The molecule has 0 N–H and O–H groups in total. The van der Waals surface area contributed by atoms with Gasteiger partial charge in [0.05, 0.1) is 36.4 Å². The van der Waals surface area contributed by atoms with E-state index >= 15 is 0 Å². The Morgan fingerprint density at radius 1 is 1.13 bits per heavy atom. The molecule has 0 fully saturated rings. The van der Waals surface area contributed by atoms with E-state index in [1.54, 1.807) is 30.3 Å². The molecule has 2 rings (SSSR count). The smallest absolute Gasteiger partial charge is 0.203 e. The van der Waals surface area contributed by atoms with Crippen LogP contribution in [-0.4, -0.2) is 26.6 Å². The van der Waals surface area contributed by atoms with Gasteiger partial charge in [-0.1, -0.05) is 11.6 Å². The Hall–Kier alpha value is -2.71. The molecule has 0 aromatic heterocycles. The summed E-state index contributed by atoms with van der Waals surface area (Å²) in [7, 11) is 3.01. The van der Waals surface area contributed by atoms with Crippen molar-refractivity contribution in [1.29, 1.82) is 5.26 Å². The number of methoxy groups -OCH3 is 2. The van der Waals surface area contributed by atoms with Crippen LogP contribution in [0.4, 0.5) is 0 Å². The molecule has 0 saturated heterocycles. The number of halogens is 1. The first-order valence-corrected chi connectivity index (χ1v) is 7.04. The van der Waals surface area contributed by atoms with Gasteiger partial charge in [-0.3, -0.25) is 4.79 Å².